The van der Waals surface area contributed by atoms with Crippen molar-refractivity contribution >= 4 is 23.2 Å². The number of carbonyl (C=O) groups excluding carboxylic acids is 1. The molecule has 0 aliphatic rings. The van der Waals surface area contributed by atoms with Gasteiger partial charge in [-0.3, -0.25) is 4.79 Å². The molecule has 0 saturated carbocycles. The van der Waals surface area contributed by atoms with Crippen LogP contribution in [0.4, 0.5) is 0 Å². The molecule has 0 radical (unpaired) electrons. The Labute approximate surface area is 171 Å². The van der Waals surface area contributed by atoms with Gasteiger partial charge in [-0.05, 0) is 50.3 Å². The number of aryl methyl sites for hydroxylation is 2. The Balaban J connectivity index is 1.78. The number of rotatable bonds is 7. The van der Waals surface area contributed by atoms with Crippen LogP contribution < -0.4 is 5.32 Å². The molecule has 1 aromatic carbocycles. The van der Waals surface area contributed by atoms with E-state index in [9.17, 15) is 4.79 Å². The number of fused-ring (bicyclic) bond motifs is 1. The van der Waals surface area contributed by atoms with Gasteiger partial charge < -0.3 is 5.32 Å². The lowest BCUT2D eigenvalue weighted by Gasteiger charge is -2.11. The van der Waals surface area contributed by atoms with Crippen LogP contribution in [0.1, 0.15) is 43.6 Å². The Bertz CT molecular complexity index is 976. The normalized spacial score (nSPS) is 11.4. The second kappa shape index (κ2) is 8.74. The van der Waals surface area contributed by atoms with Gasteiger partial charge in [0, 0.05) is 41.0 Å². The summed E-state index contributed by atoms with van der Waals surface area (Å²) in [6.45, 7) is 9.07. The summed E-state index contributed by atoms with van der Waals surface area (Å²) in [5.41, 5.74) is 5.72. The molecule has 6 heteroatoms. The molecule has 0 aliphatic heterocycles. The molecule has 3 aromatic rings. The van der Waals surface area contributed by atoms with Crippen LogP contribution in [0.25, 0.3) is 16.9 Å². The van der Waals surface area contributed by atoms with Crippen molar-refractivity contribution in [2.45, 2.75) is 47.0 Å². The monoisotopic (exact) mass is 398 g/mol. The van der Waals surface area contributed by atoms with Crippen LogP contribution >= 0.6 is 11.6 Å². The largest absolute Gasteiger partial charge is 0.356 e. The zero-order valence-corrected chi connectivity index (χ0v) is 17.7. The molecule has 0 bridgehead atoms. The smallest absolute Gasteiger partial charge is 0.220 e. The summed E-state index contributed by atoms with van der Waals surface area (Å²) in [6.07, 6.45) is 2.11. The van der Waals surface area contributed by atoms with Gasteiger partial charge in [0.15, 0.2) is 5.65 Å². The molecule has 0 spiro atoms. The number of hydrogen-bond donors (Lipinski definition) is 1. The number of benzene rings is 1. The van der Waals surface area contributed by atoms with Crippen LogP contribution in [0.3, 0.4) is 0 Å². The van der Waals surface area contributed by atoms with Crippen LogP contribution in [0.15, 0.2) is 30.3 Å². The lowest BCUT2D eigenvalue weighted by Crippen LogP contribution is -2.25. The fraction of sp³-hybridized carbons (Fsp3) is 0.409. The van der Waals surface area contributed by atoms with Crippen molar-refractivity contribution in [3.8, 4) is 11.3 Å². The van der Waals surface area contributed by atoms with Gasteiger partial charge in [-0.25, -0.2) is 9.50 Å². The van der Waals surface area contributed by atoms with Crippen molar-refractivity contribution < 1.29 is 4.79 Å². The minimum atomic E-state index is 0.0851. The highest BCUT2D eigenvalue weighted by atomic mass is 35.5. The van der Waals surface area contributed by atoms with E-state index in [-0.39, 0.29) is 5.91 Å². The van der Waals surface area contributed by atoms with Crippen molar-refractivity contribution in [1.29, 1.82) is 0 Å². The van der Waals surface area contributed by atoms with Gasteiger partial charge >= 0.3 is 0 Å². The van der Waals surface area contributed by atoms with Gasteiger partial charge in [0.25, 0.3) is 0 Å². The van der Waals surface area contributed by atoms with E-state index in [1.165, 1.54) is 0 Å². The minimum Gasteiger partial charge on any atom is -0.356 e. The molecule has 0 fully saturated rings. The van der Waals surface area contributed by atoms with Crippen molar-refractivity contribution in [2.75, 3.05) is 6.54 Å². The first kappa shape index (κ1) is 20.3. The van der Waals surface area contributed by atoms with E-state index < -0.39 is 0 Å². The summed E-state index contributed by atoms with van der Waals surface area (Å²) in [6, 6.07) is 9.60. The van der Waals surface area contributed by atoms with E-state index in [1.807, 2.05) is 48.7 Å². The number of nitrogens with zero attached hydrogens (tertiary/aromatic N) is 3. The van der Waals surface area contributed by atoms with Gasteiger partial charge in [-0.15, -0.1) is 0 Å². The molecular formula is C22H27ClN4O. The van der Waals surface area contributed by atoms with E-state index >= 15 is 0 Å². The fourth-order valence-corrected chi connectivity index (χ4v) is 3.40. The van der Waals surface area contributed by atoms with Gasteiger partial charge in [-0.2, -0.15) is 5.10 Å². The number of halogens is 1. The van der Waals surface area contributed by atoms with Crippen molar-refractivity contribution in [2.24, 2.45) is 5.92 Å². The van der Waals surface area contributed by atoms with Crippen LogP contribution in [0, 0.1) is 19.8 Å². The SMILES string of the molecule is Cc1nc2cc(-c3ccc(Cl)cc3)nn2c(C)c1CCC(=O)NCCC(C)C. The minimum absolute atomic E-state index is 0.0851. The second-order valence-electron chi connectivity index (χ2n) is 7.60. The van der Waals surface area contributed by atoms with E-state index in [0.717, 1.165) is 46.8 Å². The average molecular weight is 399 g/mol. The summed E-state index contributed by atoms with van der Waals surface area (Å²) in [4.78, 5) is 16.8. The van der Waals surface area contributed by atoms with E-state index in [1.54, 1.807) is 0 Å². The first-order chi connectivity index (χ1) is 13.3. The molecule has 5 nitrogen and oxygen atoms in total. The molecule has 3 rings (SSSR count). The zero-order valence-electron chi connectivity index (χ0n) is 16.9. The molecule has 0 unspecified atom stereocenters. The van der Waals surface area contributed by atoms with Gasteiger partial charge in [0.1, 0.15) is 0 Å². The molecular weight excluding hydrogens is 372 g/mol. The number of nitrogens with one attached hydrogen (secondary N) is 1. The summed E-state index contributed by atoms with van der Waals surface area (Å²) < 4.78 is 1.86. The fourth-order valence-electron chi connectivity index (χ4n) is 3.28. The van der Waals surface area contributed by atoms with Crippen molar-refractivity contribution in [3.05, 3.63) is 52.3 Å². The third-order valence-corrected chi connectivity index (χ3v) is 5.20. The predicted molar refractivity (Wildman–Crippen MR) is 114 cm³/mol. The van der Waals surface area contributed by atoms with Crippen LogP contribution in [0.5, 0.6) is 0 Å². The van der Waals surface area contributed by atoms with E-state index in [0.29, 0.717) is 23.8 Å². The van der Waals surface area contributed by atoms with E-state index in [4.69, 9.17) is 21.7 Å². The quantitative estimate of drug-likeness (QED) is 0.624. The lowest BCUT2D eigenvalue weighted by molar-refractivity contribution is -0.121. The highest BCUT2D eigenvalue weighted by molar-refractivity contribution is 6.30. The summed E-state index contributed by atoms with van der Waals surface area (Å²) >= 11 is 5.98. The Morgan fingerprint density at radius 2 is 1.93 bits per heavy atom. The third-order valence-electron chi connectivity index (χ3n) is 4.95. The van der Waals surface area contributed by atoms with Gasteiger partial charge in [0.2, 0.25) is 5.91 Å². The van der Waals surface area contributed by atoms with Crippen molar-refractivity contribution in [1.82, 2.24) is 19.9 Å². The Kier molecular flexibility index (Phi) is 6.35. The molecule has 1 amide bonds. The first-order valence-electron chi connectivity index (χ1n) is 9.73. The van der Waals surface area contributed by atoms with Crippen molar-refractivity contribution in [3.63, 3.8) is 0 Å². The summed E-state index contributed by atoms with van der Waals surface area (Å²) in [7, 11) is 0. The predicted octanol–water partition coefficient (Wildman–Crippen LogP) is 4.76. The molecule has 0 aliphatic carbocycles. The van der Waals surface area contributed by atoms with Gasteiger partial charge in [0.05, 0.1) is 5.69 Å². The molecule has 0 atom stereocenters. The van der Waals surface area contributed by atoms with Crippen LogP contribution in [-0.2, 0) is 11.2 Å². The molecule has 1 N–H and O–H groups in total. The number of amides is 1. The molecule has 148 valence electrons. The second-order valence-corrected chi connectivity index (χ2v) is 8.04. The zero-order chi connectivity index (χ0) is 20.3. The average Bonchev–Trinajstić information content (AvgIpc) is 3.06. The maximum atomic E-state index is 12.1. The molecule has 2 aromatic heterocycles. The van der Waals surface area contributed by atoms with Crippen LogP contribution in [-0.4, -0.2) is 27.0 Å². The highest BCUT2D eigenvalue weighted by Crippen LogP contribution is 2.24. The first-order valence-corrected chi connectivity index (χ1v) is 10.1. The molecule has 28 heavy (non-hydrogen) atoms. The highest BCUT2D eigenvalue weighted by Gasteiger charge is 2.14. The number of hydrogen-bond acceptors (Lipinski definition) is 3. The molecule has 0 saturated heterocycles. The topological polar surface area (TPSA) is 59.3 Å². The Morgan fingerprint density at radius 1 is 1.21 bits per heavy atom. The maximum Gasteiger partial charge on any atom is 0.220 e. The molecule has 2 heterocycles. The number of aromatic nitrogens is 3. The summed E-state index contributed by atoms with van der Waals surface area (Å²) in [5, 5.41) is 8.42. The maximum absolute atomic E-state index is 12.1. The van der Waals surface area contributed by atoms with Gasteiger partial charge in [-0.1, -0.05) is 37.6 Å². The van der Waals surface area contributed by atoms with E-state index in [2.05, 4.69) is 19.2 Å². The lowest BCUT2D eigenvalue weighted by atomic mass is 10.1. The number of carbonyl (C=O) groups is 1. The summed E-state index contributed by atoms with van der Waals surface area (Å²) in [5.74, 6) is 0.674. The standard InChI is InChI=1S/C22H27ClN4O/c1-14(2)11-12-24-22(28)10-9-19-15(3)25-21-13-20(26-27(21)16(19)4)17-5-7-18(23)8-6-17/h5-8,13-14H,9-12H2,1-4H3,(H,24,28). The third kappa shape index (κ3) is 4.71. The Hall–Kier alpha value is -2.40. The van der Waals surface area contributed by atoms with Crippen LogP contribution in [0.2, 0.25) is 5.02 Å². The Morgan fingerprint density at radius 3 is 2.61 bits per heavy atom.